The molecular weight excluding hydrogens is 424 g/mol. The second-order valence-corrected chi connectivity index (χ2v) is 8.26. The predicted octanol–water partition coefficient (Wildman–Crippen LogP) is 3.75. The summed E-state index contributed by atoms with van der Waals surface area (Å²) in [6.45, 7) is 6.63. The highest BCUT2D eigenvalue weighted by molar-refractivity contribution is 5.96. The van der Waals surface area contributed by atoms with Crippen LogP contribution in [0.1, 0.15) is 48.3 Å². The van der Waals surface area contributed by atoms with Gasteiger partial charge in [0.2, 0.25) is 5.95 Å². The summed E-state index contributed by atoms with van der Waals surface area (Å²) in [4.78, 5) is 21.0. The molecule has 1 saturated heterocycles. The van der Waals surface area contributed by atoms with Gasteiger partial charge in [0.15, 0.2) is 0 Å². The van der Waals surface area contributed by atoms with Crippen LogP contribution in [0.5, 0.6) is 5.75 Å². The molecule has 0 amide bonds. The van der Waals surface area contributed by atoms with Gasteiger partial charge in [-0.1, -0.05) is 13.8 Å². The monoisotopic (exact) mass is 454 g/mol. The first-order chi connectivity index (χ1) is 16.0. The number of carboxylic acids is 1. The number of carboxylic acid groups (broad SMARTS) is 1. The Kier molecular flexibility index (Phi) is 7.10. The van der Waals surface area contributed by atoms with Gasteiger partial charge in [0.25, 0.3) is 0 Å². The molecule has 1 aliphatic heterocycles. The number of aliphatic hydroxyl groups is 1. The summed E-state index contributed by atoms with van der Waals surface area (Å²) in [6, 6.07) is 6.80. The van der Waals surface area contributed by atoms with Crippen LogP contribution in [0.15, 0.2) is 24.3 Å². The number of ether oxygens (including phenoxy) is 2. The van der Waals surface area contributed by atoms with Crippen molar-refractivity contribution < 1.29 is 24.5 Å². The SMILES string of the molecule is CCCn1c(Nc2cc(CO)cc(CC)n2)nc2cc(C(=O)O)cc(OCCC3COC3)c21. The Balaban J connectivity index is 1.74. The number of aliphatic hydroxyl groups excluding tert-OH is 1. The Morgan fingerprint density at radius 3 is 2.70 bits per heavy atom. The van der Waals surface area contributed by atoms with E-state index in [2.05, 4.69) is 17.2 Å². The molecule has 0 saturated carbocycles. The van der Waals surface area contributed by atoms with E-state index in [4.69, 9.17) is 14.5 Å². The molecule has 2 aromatic heterocycles. The Morgan fingerprint density at radius 2 is 2.06 bits per heavy atom. The van der Waals surface area contributed by atoms with Crippen molar-refractivity contribution in [2.75, 3.05) is 25.1 Å². The molecule has 176 valence electrons. The Labute approximate surface area is 192 Å². The summed E-state index contributed by atoms with van der Waals surface area (Å²) < 4.78 is 13.3. The van der Waals surface area contributed by atoms with Gasteiger partial charge in [-0.2, -0.15) is 0 Å². The summed E-state index contributed by atoms with van der Waals surface area (Å²) in [6.07, 6.45) is 2.44. The number of nitrogens with zero attached hydrogens (tertiary/aromatic N) is 3. The van der Waals surface area contributed by atoms with Crippen LogP contribution in [0.3, 0.4) is 0 Å². The van der Waals surface area contributed by atoms with Crippen molar-refractivity contribution in [3.8, 4) is 5.75 Å². The number of hydrogen-bond donors (Lipinski definition) is 3. The van der Waals surface area contributed by atoms with Gasteiger partial charge in [-0.25, -0.2) is 14.8 Å². The van der Waals surface area contributed by atoms with Crippen molar-refractivity contribution in [2.24, 2.45) is 5.92 Å². The average molecular weight is 455 g/mol. The first-order valence-electron chi connectivity index (χ1n) is 11.4. The molecule has 9 nitrogen and oxygen atoms in total. The third-order valence-electron chi connectivity index (χ3n) is 5.71. The number of pyridine rings is 1. The van der Waals surface area contributed by atoms with Gasteiger partial charge in [0.1, 0.15) is 17.1 Å². The van der Waals surface area contributed by atoms with Crippen LogP contribution < -0.4 is 10.1 Å². The topological polar surface area (TPSA) is 119 Å². The molecule has 3 N–H and O–H groups in total. The number of aromatic nitrogens is 3. The van der Waals surface area contributed by atoms with Crippen LogP contribution in [0.2, 0.25) is 0 Å². The van der Waals surface area contributed by atoms with Gasteiger partial charge in [-0.3, -0.25) is 0 Å². The quantitative estimate of drug-likeness (QED) is 0.401. The standard InChI is InChI=1S/C24H30N4O5/c1-3-6-28-22-19(26-24(28)27-21-9-16(12-29)8-18(4-2)25-21)10-17(23(30)31)11-20(22)33-7-5-15-13-32-14-15/h8-11,15,29H,3-7,12-14H2,1-2H3,(H,30,31)(H,25,26,27). The molecule has 1 aromatic carbocycles. The predicted molar refractivity (Wildman–Crippen MR) is 124 cm³/mol. The fourth-order valence-electron chi connectivity index (χ4n) is 3.89. The zero-order valence-corrected chi connectivity index (χ0v) is 19.0. The summed E-state index contributed by atoms with van der Waals surface area (Å²) in [5, 5.41) is 22.5. The van der Waals surface area contributed by atoms with Gasteiger partial charge >= 0.3 is 5.97 Å². The molecule has 0 aliphatic carbocycles. The Hall–Kier alpha value is -3.17. The number of anilines is 2. The number of fused-ring (bicyclic) bond motifs is 1. The molecule has 0 bridgehead atoms. The van der Waals surface area contributed by atoms with Crippen molar-refractivity contribution in [3.63, 3.8) is 0 Å². The van der Waals surface area contributed by atoms with Crippen LogP contribution in [0, 0.1) is 5.92 Å². The summed E-state index contributed by atoms with van der Waals surface area (Å²) >= 11 is 0. The van der Waals surface area contributed by atoms with Crippen LogP contribution in [0.25, 0.3) is 11.0 Å². The van der Waals surface area contributed by atoms with E-state index in [1.165, 1.54) is 0 Å². The summed E-state index contributed by atoms with van der Waals surface area (Å²) in [5.74, 6) is 1.09. The molecule has 0 unspecified atom stereocenters. The average Bonchev–Trinajstić information content (AvgIpc) is 3.12. The van der Waals surface area contributed by atoms with Gasteiger partial charge in [0.05, 0.1) is 37.5 Å². The van der Waals surface area contributed by atoms with E-state index in [9.17, 15) is 15.0 Å². The minimum absolute atomic E-state index is 0.0818. The van der Waals surface area contributed by atoms with E-state index >= 15 is 0 Å². The second kappa shape index (κ2) is 10.2. The third-order valence-corrected chi connectivity index (χ3v) is 5.71. The highest BCUT2D eigenvalue weighted by atomic mass is 16.5. The highest BCUT2D eigenvalue weighted by Gasteiger charge is 2.21. The number of nitrogens with one attached hydrogen (secondary N) is 1. The van der Waals surface area contributed by atoms with E-state index in [-0.39, 0.29) is 12.2 Å². The molecule has 0 radical (unpaired) electrons. The largest absolute Gasteiger partial charge is 0.491 e. The maximum absolute atomic E-state index is 11.7. The Bertz CT molecular complexity index is 1120. The lowest BCUT2D eigenvalue weighted by atomic mass is 10.1. The zero-order valence-electron chi connectivity index (χ0n) is 19.0. The molecule has 0 spiro atoms. The number of carbonyl (C=O) groups is 1. The first kappa shape index (κ1) is 23.0. The molecule has 1 fully saturated rings. The van der Waals surface area contributed by atoms with Crippen LogP contribution in [-0.4, -0.2) is 50.5 Å². The fourth-order valence-corrected chi connectivity index (χ4v) is 3.89. The lowest BCUT2D eigenvalue weighted by Crippen LogP contribution is -2.28. The number of hydrogen-bond acceptors (Lipinski definition) is 7. The molecule has 33 heavy (non-hydrogen) atoms. The van der Waals surface area contributed by atoms with E-state index in [1.54, 1.807) is 18.2 Å². The second-order valence-electron chi connectivity index (χ2n) is 8.26. The van der Waals surface area contributed by atoms with Crippen LogP contribution in [-0.2, 0) is 24.3 Å². The molecule has 4 rings (SSSR count). The number of rotatable bonds is 11. The maximum atomic E-state index is 11.7. The first-order valence-corrected chi connectivity index (χ1v) is 11.4. The fraction of sp³-hybridized carbons (Fsp3) is 0.458. The number of imidazole rings is 1. The number of benzene rings is 1. The van der Waals surface area contributed by atoms with Crippen molar-refractivity contribution in [1.29, 1.82) is 0 Å². The van der Waals surface area contributed by atoms with Crippen molar-refractivity contribution in [1.82, 2.24) is 14.5 Å². The minimum atomic E-state index is -1.03. The van der Waals surface area contributed by atoms with E-state index in [0.717, 1.165) is 49.3 Å². The van der Waals surface area contributed by atoms with Crippen molar-refractivity contribution in [2.45, 2.75) is 46.3 Å². The van der Waals surface area contributed by atoms with Gasteiger partial charge in [-0.05, 0) is 49.1 Å². The lowest BCUT2D eigenvalue weighted by Gasteiger charge is -2.25. The lowest BCUT2D eigenvalue weighted by molar-refractivity contribution is -0.0400. The molecule has 9 heteroatoms. The molecule has 0 atom stereocenters. The van der Waals surface area contributed by atoms with Crippen LogP contribution >= 0.6 is 0 Å². The molecule has 3 heterocycles. The molecule has 1 aliphatic rings. The Morgan fingerprint density at radius 1 is 1.24 bits per heavy atom. The van der Waals surface area contributed by atoms with E-state index < -0.39 is 5.97 Å². The highest BCUT2D eigenvalue weighted by Crippen LogP contribution is 2.33. The van der Waals surface area contributed by atoms with E-state index in [0.29, 0.717) is 42.1 Å². The summed E-state index contributed by atoms with van der Waals surface area (Å²) in [5.41, 5.74) is 3.05. The van der Waals surface area contributed by atoms with Gasteiger partial charge in [0, 0.05) is 18.2 Å². The smallest absolute Gasteiger partial charge is 0.335 e. The zero-order chi connectivity index (χ0) is 23.4. The van der Waals surface area contributed by atoms with Crippen molar-refractivity contribution >= 4 is 28.8 Å². The number of aryl methyl sites for hydroxylation is 2. The van der Waals surface area contributed by atoms with Gasteiger partial charge in [-0.15, -0.1) is 0 Å². The maximum Gasteiger partial charge on any atom is 0.335 e. The molecule has 3 aromatic rings. The minimum Gasteiger partial charge on any atom is -0.491 e. The summed E-state index contributed by atoms with van der Waals surface area (Å²) in [7, 11) is 0. The van der Waals surface area contributed by atoms with E-state index in [1.807, 2.05) is 17.6 Å². The van der Waals surface area contributed by atoms with Crippen molar-refractivity contribution in [3.05, 3.63) is 41.1 Å². The number of aromatic carboxylic acids is 1. The molecular formula is C24H30N4O5. The van der Waals surface area contributed by atoms with Gasteiger partial charge < -0.3 is 29.6 Å². The van der Waals surface area contributed by atoms with Crippen LogP contribution in [0.4, 0.5) is 11.8 Å². The normalized spacial score (nSPS) is 13.8. The third kappa shape index (κ3) is 5.09.